The monoisotopic (exact) mass is 874 g/mol. The summed E-state index contributed by atoms with van der Waals surface area (Å²) >= 11 is 0. The fourth-order valence-electron chi connectivity index (χ4n) is 14.1. The molecule has 14 rings (SSSR count). The van der Waals surface area contributed by atoms with E-state index in [-0.39, 0.29) is 13.4 Å². The van der Waals surface area contributed by atoms with Crippen LogP contribution in [0.25, 0.3) is 54.6 Å². The Hall–Kier alpha value is -6.81. The van der Waals surface area contributed by atoms with Gasteiger partial charge in [0.2, 0.25) is 13.4 Å². The van der Waals surface area contributed by atoms with E-state index in [1.54, 1.807) is 5.19 Å². The van der Waals surface area contributed by atoms with Gasteiger partial charge in [-0.2, -0.15) is 0 Å². The predicted octanol–water partition coefficient (Wildman–Crippen LogP) is 11.8. The standard InChI is InChI=1S/C62H52B2N2Si/c1-33-25-36(4)61(37(5)26-33)65-51-22-14-12-20-47(51)64-49-31-45-54(67(8,9)10)32-44-41-18-16-24-53-60(41)63(46-19-11-13-21-50(46)66(53)62-38(6)27-34(2)28-39(62)7)48-30-42-35(3)29-43(40-17-15-23-52(65)59(40)64)55(49)57(42)58(45)56(44)48/h11-32H,1-10H3. The Morgan fingerprint density at radius 3 is 1.25 bits per heavy atom. The fourth-order valence-corrected chi connectivity index (χ4v) is 15.7. The van der Waals surface area contributed by atoms with Gasteiger partial charge in [0.1, 0.15) is 0 Å². The number of hydrogen-bond acceptors (Lipinski definition) is 2. The summed E-state index contributed by atoms with van der Waals surface area (Å²) in [6, 6.07) is 52.9. The Morgan fingerprint density at radius 2 is 0.776 bits per heavy atom. The molecule has 0 atom stereocenters. The topological polar surface area (TPSA) is 6.48 Å². The lowest BCUT2D eigenvalue weighted by molar-refractivity contribution is 1.21. The zero-order valence-corrected chi connectivity index (χ0v) is 41.3. The molecule has 0 bridgehead atoms. The molecule has 320 valence electrons. The molecule has 0 N–H and O–H groups in total. The van der Waals surface area contributed by atoms with E-state index < -0.39 is 8.07 Å². The molecule has 0 fully saturated rings. The van der Waals surface area contributed by atoms with E-state index in [0.717, 1.165) is 0 Å². The summed E-state index contributed by atoms with van der Waals surface area (Å²) in [5, 5.41) is 10.2. The number of para-hydroxylation sites is 2. The van der Waals surface area contributed by atoms with Crippen molar-refractivity contribution in [2.45, 2.75) is 68.1 Å². The molecule has 10 aromatic carbocycles. The molecular formula is C62H52B2N2Si. The largest absolute Gasteiger partial charge is 0.311 e. The Labute approximate surface area is 396 Å². The van der Waals surface area contributed by atoms with Crippen LogP contribution in [0, 0.1) is 48.5 Å². The quantitative estimate of drug-likeness (QED) is 0.129. The molecule has 2 nitrogen and oxygen atoms in total. The summed E-state index contributed by atoms with van der Waals surface area (Å²) < 4.78 is 0. The van der Waals surface area contributed by atoms with E-state index in [0.29, 0.717) is 0 Å². The van der Waals surface area contributed by atoms with Crippen molar-refractivity contribution in [3.63, 3.8) is 0 Å². The van der Waals surface area contributed by atoms with E-state index in [1.807, 2.05) is 0 Å². The number of rotatable bonds is 3. The van der Waals surface area contributed by atoms with Gasteiger partial charge in [-0.05, 0) is 177 Å². The van der Waals surface area contributed by atoms with Gasteiger partial charge >= 0.3 is 0 Å². The molecule has 0 amide bonds. The Morgan fingerprint density at radius 1 is 0.358 bits per heavy atom. The smallest absolute Gasteiger partial charge is 0.248 e. The zero-order chi connectivity index (χ0) is 45.7. The third kappa shape index (κ3) is 4.98. The molecule has 0 spiro atoms. The van der Waals surface area contributed by atoms with Crippen LogP contribution in [-0.4, -0.2) is 21.5 Å². The molecule has 0 saturated carbocycles. The van der Waals surface area contributed by atoms with Crippen LogP contribution in [-0.2, 0) is 0 Å². The minimum Gasteiger partial charge on any atom is -0.311 e. The van der Waals surface area contributed by atoms with E-state index in [4.69, 9.17) is 0 Å². The van der Waals surface area contributed by atoms with Gasteiger partial charge in [0.25, 0.3) is 0 Å². The lowest BCUT2D eigenvalue weighted by Gasteiger charge is -2.43. The predicted molar refractivity (Wildman–Crippen MR) is 296 cm³/mol. The summed E-state index contributed by atoms with van der Waals surface area (Å²) in [5.41, 5.74) is 31.1. The van der Waals surface area contributed by atoms with E-state index in [2.05, 4.69) is 211 Å². The molecule has 4 aliphatic heterocycles. The maximum absolute atomic E-state index is 2.71. The molecule has 5 heteroatoms. The number of hydrogen-bond donors (Lipinski definition) is 0. The van der Waals surface area contributed by atoms with Crippen molar-refractivity contribution in [1.82, 2.24) is 0 Å². The lowest BCUT2D eigenvalue weighted by atomic mass is 9.31. The average Bonchev–Trinajstić information content (AvgIpc) is 3.29. The van der Waals surface area contributed by atoms with Crippen LogP contribution < -0.4 is 47.8 Å². The minimum atomic E-state index is -1.97. The van der Waals surface area contributed by atoms with Crippen LogP contribution in [0.5, 0.6) is 0 Å². The molecule has 4 heterocycles. The van der Waals surface area contributed by atoms with Crippen molar-refractivity contribution in [1.29, 1.82) is 0 Å². The number of aryl methyl sites for hydroxylation is 7. The highest BCUT2D eigenvalue weighted by Crippen LogP contribution is 2.50. The fraction of sp³-hybridized carbons (Fsp3) is 0.161. The normalized spacial score (nSPS) is 14.0. The second-order valence-electron chi connectivity index (χ2n) is 21.6. The second-order valence-corrected chi connectivity index (χ2v) is 26.7. The van der Waals surface area contributed by atoms with Crippen molar-refractivity contribution in [3.8, 4) is 22.3 Å². The van der Waals surface area contributed by atoms with Gasteiger partial charge in [-0.3, -0.25) is 0 Å². The minimum absolute atomic E-state index is 0.0983. The lowest BCUT2D eigenvalue weighted by Crippen LogP contribution is -2.60. The number of anilines is 6. The van der Waals surface area contributed by atoms with Crippen LogP contribution in [0.4, 0.5) is 34.1 Å². The zero-order valence-electron chi connectivity index (χ0n) is 40.3. The molecule has 67 heavy (non-hydrogen) atoms. The summed E-state index contributed by atoms with van der Waals surface area (Å²) in [6.07, 6.45) is 0. The molecule has 0 aromatic heterocycles. The summed E-state index contributed by atoms with van der Waals surface area (Å²) in [6.45, 7) is 23.9. The van der Waals surface area contributed by atoms with Gasteiger partial charge < -0.3 is 9.80 Å². The second kappa shape index (κ2) is 13.2. The Balaban J connectivity index is 1.13. The first-order chi connectivity index (χ1) is 32.3. The number of fused-ring (bicyclic) bond motifs is 8. The summed E-state index contributed by atoms with van der Waals surface area (Å²) in [7, 11) is -1.97. The van der Waals surface area contributed by atoms with Crippen molar-refractivity contribution in [2.24, 2.45) is 0 Å². The van der Waals surface area contributed by atoms with Crippen LogP contribution >= 0.6 is 0 Å². The molecule has 4 aliphatic rings. The Bertz CT molecular complexity index is 3870. The van der Waals surface area contributed by atoms with Crippen LogP contribution in [0.15, 0.2) is 133 Å². The van der Waals surface area contributed by atoms with Crippen molar-refractivity contribution in [3.05, 3.63) is 172 Å². The summed E-state index contributed by atoms with van der Waals surface area (Å²) in [4.78, 5) is 5.19. The average molecular weight is 875 g/mol. The highest BCUT2D eigenvalue weighted by molar-refractivity contribution is 7.03. The molecule has 0 aliphatic carbocycles. The first-order valence-corrected chi connectivity index (χ1v) is 27.8. The van der Waals surface area contributed by atoms with E-state index in [1.165, 1.54) is 160 Å². The Kier molecular flexibility index (Phi) is 7.76. The molecule has 0 radical (unpaired) electrons. The third-order valence-corrected chi connectivity index (χ3v) is 18.3. The maximum atomic E-state index is 2.71. The SMILES string of the molecule is Cc1cc(C)c(N2c3ccccc3B3c4c(cccc42)-c2cc(C)c4cc5c6c(cc([Si](C)(C)C)c7cc3c2c4c76)-c2cccc3c2B5c2ccccc2N3c2c(C)cc(C)cc2C)c(C)c1. The van der Waals surface area contributed by atoms with Crippen molar-refractivity contribution in [2.75, 3.05) is 9.80 Å². The van der Waals surface area contributed by atoms with Gasteiger partial charge in [0.15, 0.2) is 0 Å². The van der Waals surface area contributed by atoms with Gasteiger partial charge in [-0.25, -0.2) is 0 Å². The van der Waals surface area contributed by atoms with Crippen molar-refractivity contribution < 1.29 is 0 Å². The molecule has 10 aromatic rings. The van der Waals surface area contributed by atoms with Gasteiger partial charge in [-0.15, -0.1) is 0 Å². The van der Waals surface area contributed by atoms with Crippen molar-refractivity contribution >= 4 is 126 Å². The number of benzene rings is 10. The van der Waals surface area contributed by atoms with Crippen LogP contribution in [0.1, 0.15) is 38.9 Å². The van der Waals surface area contributed by atoms with E-state index in [9.17, 15) is 0 Å². The van der Waals surface area contributed by atoms with E-state index >= 15 is 0 Å². The molecule has 0 unspecified atom stereocenters. The van der Waals surface area contributed by atoms with Gasteiger partial charge in [0.05, 0.1) is 19.4 Å². The first-order valence-electron chi connectivity index (χ1n) is 24.3. The van der Waals surface area contributed by atoms with Gasteiger partial charge in [0, 0.05) is 22.7 Å². The third-order valence-electron chi connectivity index (χ3n) is 16.3. The molecular weight excluding hydrogens is 822 g/mol. The first kappa shape index (κ1) is 39.4. The van der Waals surface area contributed by atoms with Gasteiger partial charge in [-0.1, -0.05) is 156 Å². The summed E-state index contributed by atoms with van der Waals surface area (Å²) in [5.74, 6) is 0. The highest BCUT2D eigenvalue weighted by Gasteiger charge is 2.46. The van der Waals surface area contributed by atoms with Crippen LogP contribution in [0.2, 0.25) is 19.6 Å². The highest BCUT2D eigenvalue weighted by atomic mass is 28.3. The number of nitrogens with zero attached hydrogens (tertiary/aromatic N) is 2. The van der Waals surface area contributed by atoms with Crippen LogP contribution in [0.3, 0.4) is 0 Å². The molecule has 0 saturated heterocycles. The maximum Gasteiger partial charge on any atom is 0.248 e.